The van der Waals surface area contributed by atoms with Gasteiger partial charge in [0.15, 0.2) is 10.6 Å². The van der Waals surface area contributed by atoms with E-state index in [1.54, 1.807) is 11.7 Å². The minimum absolute atomic E-state index is 0.101. The van der Waals surface area contributed by atoms with Crippen molar-refractivity contribution in [3.8, 4) is 17.1 Å². The maximum Gasteiger partial charge on any atom is 0.240 e. The van der Waals surface area contributed by atoms with Gasteiger partial charge >= 0.3 is 0 Å². The lowest BCUT2D eigenvalue weighted by Crippen LogP contribution is -2.29. The third-order valence-corrected chi connectivity index (χ3v) is 4.70. The molecule has 1 aromatic heterocycles. The number of hydrogen-bond acceptors (Lipinski definition) is 4. The van der Waals surface area contributed by atoms with Crippen LogP contribution in [0, 0.1) is 11.7 Å². The predicted molar refractivity (Wildman–Crippen MR) is 107 cm³/mol. The second-order valence-electron chi connectivity index (χ2n) is 6.19. The molecular formula is C20H22N4O2S. The third-order valence-electron chi connectivity index (χ3n) is 4.39. The molecule has 7 heteroatoms. The summed E-state index contributed by atoms with van der Waals surface area (Å²) in [5, 5.41) is 9.98. The highest BCUT2D eigenvalue weighted by molar-refractivity contribution is 7.71. The van der Waals surface area contributed by atoms with Crippen LogP contribution in [0.1, 0.15) is 11.1 Å². The van der Waals surface area contributed by atoms with Gasteiger partial charge in [-0.05, 0) is 61.0 Å². The van der Waals surface area contributed by atoms with Gasteiger partial charge < -0.3 is 10.1 Å². The Hall–Kier alpha value is -2.93. The van der Waals surface area contributed by atoms with Crippen molar-refractivity contribution >= 4 is 18.1 Å². The van der Waals surface area contributed by atoms with Crippen LogP contribution in [0.15, 0.2) is 48.5 Å². The van der Waals surface area contributed by atoms with E-state index in [9.17, 15) is 4.79 Å². The Morgan fingerprint density at radius 3 is 2.67 bits per heavy atom. The molecule has 0 aliphatic heterocycles. The number of methoxy groups -OCH3 is 1. The van der Waals surface area contributed by atoms with Crippen molar-refractivity contribution in [2.24, 2.45) is 0 Å². The zero-order valence-corrected chi connectivity index (χ0v) is 16.2. The van der Waals surface area contributed by atoms with E-state index in [0.29, 0.717) is 17.1 Å². The van der Waals surface area contributed by atoms with E-state index in [4.69, 9.17) is 17.0 Å². The molecule has 0 radical (unpaired) electrons. The van der Waals surface area contributed by atoms with Crippen molar-refractivity contribution in [2.45, 2.75) is 19.9 Å². The largest absolute Gasteiger partial charge is 0.497 e. The summed E-state index contributed by atoms with van der Waals surface area (Å²) in [6, 6.07) is 15.6. The summed E-state index contributed by atoms with van der Waals surface area (Å²) in [6.45, 7) is 2.76. The highest BCUT2D eigenvalue weighted by Crippen LogP contribution is 2.20. The first-order valence-corrected chi connectivity index (χ1v) is 9.10. The molecule has 0 saturated carbocycles. The molecule has 3 aromatic rings. The van der Waals surface area contributed by atoms with Crippen LogP contribution in [-0.4, -0.2) is 34.3 Å². The lowest BCUT2D eigenvalue weighted by molar-refractivity contribution is -0.121. The Kier molecular flexibility index (Phi) is 6.03. The van der Waals surface area contributed by atoms with Crippen molar-refractivity contribution in [2.75, 3.05) is 13.7 Å². The zero-order chi connectivity index (χ0) is 19.2. The van der Waals surface area contributed by atoms with Gasteiger partial charge in [-0.1, -0.05) is 24.3 Å². The van der Waals surface area contributed by atoms with Gasteiger partial charge in [0, 0.05) is 12.1 Å². The highest BCUT2D eigenvalue weighted by atomic mass is 32.1. The number of hydrogen-bond donors (Lipinski definition) is 2. The monoisotopic (exact) mass is 382 g/mol. The molecule has 0 unspecified atom stereocenters. The predicted octanol–water partition coefficient (Wildman–Crippen LogP) is 3.28. The molecule has 2 aromatic carbocycles. The summed E-state index contributed by atoms with van der Waals surface area (Å²) < 4.78 is 7.28. The number of carbonyl (C=O) groups excluding carboxylic acids is 1. The molecule has 0 bridgehead atoms. The number of H-pyrrole nitrogens is 1. The smallest absolute Gasteiger partial charge is 0.240 e. The van der Waals surface area contributed by atoms with Crippen molar-refractivity contribution < 1.29 is 9.53 Å². The SMILES string of the molecule is COc1ccc(-c2n[nH]c(=S)n2CC(=O)NCCc2ccccc2C)cc1. The first-order chi connectivity index (χ1) is 13.1. The van der Waals surface area contributed by atoms with E-state index in [2.05, 4.69) is 34.6 Å². The van der Waals surface area contributed by atoms with Gasteiger partial charge in [0.2, 0.25) is 5.91 Å². The quantitative estimate of drug-likeness (QED) is 0.615. The van der Waals surface area contributed by atoms with Crippen molar-refractivity contribution in [3.05, 3.63) is 64.4 Å². The third kappa shape index (κ3) is 4.62. The molecule has 0 aliphatic carbocycles. The Morgan fingerprint density at radius 1 is 1.22 bits per heavy atom. The van der Waals surface area contributed by atoms with Crippen LogP contribution in [-0.2, 0) is 17.8 Å². The normalized spacial score (nSPS) is 10.6. The van der Waals surface area contributed by atoms with Crippen LogP contribution in [0.25, 0.3) is 11.4 Å². The Morgan fingerprint density at radius 2 is 1.96 bits per heavy atom. The van der Waals surface area contributed by atoms with Gasteiger partial charge in [0.05, 0.1) is 7.11 Å². The molecule has 27 heavy (non-hydrogen) atoms. The Balaban J connectivity index is 1.65. The lowest BCUT2D eigenvalue weighted by Gasteiger charge is -2.10. The number of aromatic amines is 1. The molecular weight excluding hydrogens is 360 g/mol. The van der Waals surface area contributed by atoms with Crippen LogP contribution < -0.4 is 10.1 Å². The summed E-state index contributed by atoms with van der Waals surface area (Å²) in [5.41, 5.74) is 3.32. The molecule has 1 heterocycles. The summed E-state index contributed by atoms with van der Waals surface area (Å²) >= 11 is 5.29. The summed E-state index contributed by atoms with van der Waals surface area (Å²) in [5.74, 6) is 1.28. The van der Waals surface area contributed by atoms with E-state index in [-0.39, 0.29) is 12.5 Å². The molecule has 3 rings (SSSR count). The van der Waals surface area contributed by atoms with Crippen molar-refractivity contribution in [3.63, 3.8) is 0 Å². The fourth-order valence-corrected chi connectivity index (χ4v) is 3.05. The van der Waals surface area contributed by atoms with Gasteiger partial charge in [-0.3, -0.25) is 14.5 Å². The van der Waals surface area contributed by atoms with Gasteiger partial charge in [-0.15, -0.1) is 0 Å². The topological polar surface area (TPSA) is 71.9 Å². The first-order valence-electron chi connectivity index (χ1n) is 8.69. The first kappa shape index (κ1) is 18.8. The van der Waals surface area contributed by atoms with Crippen molar-refractivity contribution in [1.29, 1.82) is 0 Å². The Bertz CT molecular complexity index is 976. The van der Waals surface area contributed by atoms with Gasteiger partial charge in [-0.25, -0.2) is 0 Å². The molecule has 0 atom stereocenters. The number of aromatic nitrogens is 3. The molecule has 0 aliphatic rings. The maximum atomic E-state index is 12.4. The van der Waals surface area contributed by atoms with Gasteiger partial charge in [-0.2, -0.15) is 5.10 Å². The van der Waals surface area contributed by atoms with E-state index >= 15 is 0 Å². The Labute approximate surface area is 163 Å². The number of aryl methyl sites for hydroxylation is 1. The summed E-state index contributed by atoms with van der Waals surface area (Å²) in [4.78, 5) is 12.4. The molecule has 0 fully saturated rings. The highest BCUT2D eigenvalue weighted by Gasteiger charge is 2.12. The van der Waals surface area contributed by atoms with Crippen LogP contribution in [0.4, 0.5) is 0 Å². The van der Waals surface area contributed by atoms with Crippen LogP contribution in [0.2, 0.25) is 0 Å². The standard InChI is InChI=1S/C20H22N4O2S/c1-14-5-3-4-6-15(14)11-12-21-18(25)13-24-19(22-23-20(24)27)16-7-9-17(26-2)10-8-16/h3-10H,11-13H2,1-2H3,(H,21,25)(H,23,27). The average molecular weight is 382 g/mol. The molecule has 2 N–H and O–H groups in total. The van der Waals surface area contributed by atoms with Crippen LogP contribution >= 0.6 is 12.2 Å². The maximum absolute atomic E-state index is 12.4. The van der Waals surface area contributed by atoms with Crippen LogP contribution in [0.3, 0.4) is 0 Å². The second-order valence-corrected chi connectivity index (χ2v) is 6.58. The number of nitrogens with zero attached hydrogens (tertiary/aromatic N) is 2. The number of rotatable bonds is 7. The van der Waals surface area contributed by atoms with Gasteiger partial charge in [0.1, 0.15) is 12.3 Å². The van der Waals surface area contributed by atoms with E-state index < -0.39 is 0 Å². The molecule has 6 nitrogen and oxygen atoms in total. The minimum atomic E-state index is -0.101. The average Bonchev–Trinajstić information content (AvgIpc) is 3.04. The number of nitrogens with one attached hydrogen (secondary N) is 2. The van der Waals surface area contributed by atoms with Crippen molar-refractivity contribution in [1.82, 2.24) is 20.1 Å². The number of carbonyl (C=O) groups is 1. The molecule has 0 spiro atoms. The summed E-state index contributed by atoms with van der Waals surface area (Å²) in [7, 11) is 1.62. The molecule has 1 amide bonds. The van der Waals surface area contributed by atoms with Gasteiger partial charge in [0.25, 0.3) is 0 Å². The van der Waals surface area contributed by atoms with E-state index in [1.165, 1.54) is 11.1 Å². The molecule has 0 saturated heterocycles. The fraction of sp³-hybridized carbons (Fsp3) is 0.250. The van der Waals surface area contributed by atoms with E-state index in [1.807, 2.05) is 36.4 Å². The molecule has 140 valence electrons. The number of amides is 1. The zero-order valence-electron chi connectivity index (χ0n) is 15.4. The number of ether oxygens (including phenoxy) is 1. The fourth-order valence-electron chi connectivity index (χ4n) is 2.85. The second kappa shape index (κ2) is 8.64. The number of benzene rings is 2. The summed E-state index contributed by atoms with van der Waals surface area (Å²) in [6.07, 6.45) is 0.792. The lowest BCUT2D eigenvalue weighted by atomic mass is 10.1. The van der Waals surface area contributed by atoms with E-state index in [0.717, 1.165) is 17.7 Å². The van der Waals surface area contributed by atoms with Crippen LogP contribution in [0.5, 0.6) is 5.75 Å². The minimum Gasteiger partial charge on any atom is -0.497 e.